The minimum Gasteiger partial charge on any atom is -0.736 e. The summed E-state index contributed by atoms with van der Waals surface area (Å²) in [4.78, 5) is 4.01. The maximum absolute atomic E-state index is 13.1. The fraction of sp³-hybridized carbons (Fsp3) is 0.0588. The molecule has 0 saturated heterocycles. The lowest BCUT2D eigenvalue weighted by Crippen LogP contribution is -2.26. The van der Waals surface area contributed by atoms with E-state index in [0.717, 1.165) is 5.56 Å². The van der Waals surface area contributed by atoms with Crippen LogP contribution in [-0.2, 0) is 6.54 Å². The van der Waals surface area contributed by atoms with Crippen LogP contribution >= 0.6 is 0 Å². The van der Waals surface area contributed by atoms with Gasteiger partial charge in [0.25, 0.3) is 5.88 Å². The maximum Gasteiger partial charge on any atom is 0.266 e. The number of hydrazone groups is 1. The number of anilines is 1. The number of nitrogens with one attached hydrogen (secondary N) is 1. The monoisotopic (exact) mass is 338 g/mol. The fourth-order valence-corrected chi connectivity index (χ4v) is 2.39. The number of benzene rings is 2. The van der Waals surface area contributed by atoms with Crippen LogP contribution in [-0.4, -0.2) is 15.6 Å². The van der Waals surface area contributed by atoms with Gasteiger partial charge in [0.15, 0.2) is 0 Å². The van der Waals surface area contributed by atoms with E-state index < -0.39 is 0 Å². The van der Waals surface area contributed by atoms with E-state index in [1.165, 1.54) is 35.3 Å². The van der Waals surface area contributed by atoms with Gasteiger partial charge in [0.1, 0.15) is 12.1 Å². The van der Waals surface area contributed by atoms with Gasteiger partial charge in [-0.25, -0.2) is 14.1 Å². The Morgan fingerprint density at radius 2 is 1.84 bits per heavy atom. The van der Waals surface area contributed by atoms with E-state index in [1.54, 1.807) is 0 Å². The Kier molecular flexibility index (Phi) is 3.79. The van der Waals surface area contributed by atoms with Crippen LogP contribution < -0.4 is 15.3 Å². The molecule has 0 radical (unpaired) electrons. The molecule has 1 aliphatic heterocycles. The highest BCUT2D eigenvalue weighted by Gasteiger charge is 2.23. The summed E-state index contributed by atoms with van der Waals surface area (Å²) in [5.74, 6) is -0.0353. The second-order valence-electron chi connectivity index (χ2n) is 5.35. The van der Waals surface area contributed by atoms with Crippen LogP contribution in [0.3, 0.4) is 0 Å². The van der Waals surface area contributed by atoms with Crippen molar-refractivity contribution in [2.24, 2.45) is 5.10 Å². The van der Waals surface area contributed by atoms with Crippen LogP contribution in [0.1, 0.15) is 11.1 Å². The molecule has 2 heterocycles. The Morgan fingerprint density at radius 1 is 1.08 bits per heavy atom. The Morgan fingerprint density at radius 3 is 2.60 bits per heavy atom. The molecular formula is C17H13FN5O2-. The van der Waals surface area contributed by atoms with Gasteiger partial charge in [-0.2, -0.15) is 0 Å². The molecule has 0 aliphatic carbocycles. The SMILES string of the molecule is [O-]N1N=C(c2ccc(F)cc2)Oc2c1ncn2NCc1ccccc1. The summed E-state index contributed by atoms with van der Waals surface area (Å²) in [6.07, 6.45) is 1.45. The zero-order chi connectivity index (χ0) is 17.2. The van der Waals surface area contributed by atoms with Crippen molar-refractivity contribution in [3.05, 3.63) is 83.1 Å². The normalized spacial score (nSPS) is 13.0. The van der Waals surface area contributed by atoms with Gasteiger partial charge in [0.05, 0.1) is 6.54 Å². The lowest BCUT2D eigenvalue weighted by molar-refractivity contribution is 0.489. The minimum absolute atomic E-state index is 0.0476. The number of aromatic nitrogens is 2. The third-order valence-electron chi connectivity index (χ3n) is 3.65. The van der Waals surface area contributed by atoms with Crippen molar-refractivity contribution in [3.8, 4) is 5.88 Å². The topological polar surface area (TPSA) is 77.7 Å². The van der Waals surface area contributed by atoms with E-state index in [9.17, 15) is 9.60 Å². The van der Waals surface area contributed by atoms with Crippen molar-refractivity contribution < 1.29 is 9.13 Å². The lowest BCUT2D eigenvalue weighted by atomic mass is 10.2. The first kappa shape index (κ1) is 15.2. The Bertz CT molecular complexity index is 909. The lowest BCUT2D eigenvalue weighted by Gasteiger charge is -2.28. The van der Waals surface area contributed by atoms with Gasteiger partial charge in [-0.15, -0.1) is 5.10 Å². The number of hydrogen-bond acceptors (Lipinski definition) is 6. The molecule has 1 aliphatic rings. The molecule has 2 aromatic carbocycles. The number of rotatable bonds is 4. The van der Waals surface area contributed by atoms with Crippen LogP contribution in [0.4, 0.5) is 10.2 Å². The zero-order valence-electron chi connectivity index (χ0n) is 13.0. The molecule has 8 heteroatoms. The largest absolute Gasteiger partial charge is 0.736 e. The van der Waals surface area contributed by atoms with Crippen LogP contribution in [0, 0.1) is 11.0 Å². The minimum atomic E-state index is -0.380. The quantitative estimate of drug-likeness (QED) is 0.791. The Hall–Kier alpha value is -3.39. The maximum atomic E-state index is 13.1. The summed E-state index contributed by atoms with van der Waals surface area (Å²) in [5.41, 5.74) is 4.67. The predicted octanol–water partition coefficient (Wildman–Crippen LogP) is 2.82. The summed E-state index contributed by atoms with van der Waals surface area (Å²) >= 11 is 0. The van der Waals surface area contributed by atoms with Gasteiger partial charge in [0, 0.05) is 5.56 Å². The molecule has 0 saturated carbocycles. The third kappa shape index (κ3) is 3.02. The molecule has 0 unspecified atom stereocenters. The molecule has 126 valence electrons. The van der Waals surface area contributed by atoms with E-state index >= 15 is 0 Å². The van der Waals surface area contributed by atoms with Crippen molar-refractivity contribution >= 4 is 11.7 Å². The zero-order valence-corrected chi connectivity index (χ0v) is 13.0. The summed E-state index contributed by atoms with van der Waals surface area (Å²) in [7, 11) is 0. The van der Waals surface area contributed by atoms with Crippen molar-refractivity contribution in [2.75, 3.05) is 10.6 Å². The van der Waals surface area contributed by atoms with Gasteiger partial charge in [-0.05, 0) is 29.8 Å². The number of imidazole rings is 1. The molecule has 7 nitrogen and oxygen atoms in total. The summed E-state index contributed by atoms with van der Waals surface area (Å²) < 4.78 is 20.3. The molecule has 4 rings (SSSR count). The molecule has 0 spiro atoms. The molecule has 3 aromatic rings. The van der Waals surface area contributed by atoms with Crippen molar-refractivity contribution in [2.45, 2.75) is 6.54 Å². The number of fused-ring (bicyclic) bond motifs is 1. The van der Waals surface area contributed by atoms with E-state index in [2.05, 4.69) is 15.5 Å². The molecule has 0 atom stereocenters. The van der Waals surface area contributed by atoms with E-state index in [0.29, 0.717) is 17.3 Å². The van der Waals surface area contributed by atoms with Gasteiger partial charge in [-0.1, -0.05) is 30.3 Å². The van der Waals surface area contributed by atoms with Crippen LogP contribution in [0.15, 0.2) is 66.0 Å². The van der Waals surface area contributed by atoms with Gasteiger partial charge in [-0.3, -0.25) is 0 Å². The number of halogens is 1. The van der Waals surface area contributed by atoms with Crippen LogP contribution in [0.5, 0.6) is 5.88 Å². The molecule has 0 fully saturated rings. The van der Waals surface area contributed by atoms with Crippen LogP contribution in [0.25, 0.3) is 0 Å². The molecule has 0 bridgehead atoms. The molecule has 25 heavy (non-hydrogen) atoms. The first-order chi connectivity index (χ1) is 12.2. The first-order valence-corrected chi connectivity index (χ1v) is 7.55. The van der Waals surface area contributed by atoms with E-state index in [-0.39, 0.29) is 23.4 Å². The smallest absolute Gasteiger partial charge is 0.266 e. The average Bonchev–Trinajstić information content (AvgIpc) is 3.05. The van der Waals surface area contributed by atoms with Crippen molar-refractivity contribution in [3.63, 3.8) is 0 Å². The van der Waals surface area contributed by atoms with Gasteiger partial charge < -0.3 is 20.5 Å². The highest BCUT2D eigenvalue weighted by molar-refractivity contribution is 5.97. The highest BCUT2D eigenvalue weighted by atomic mass is 19.1. The first-order valence-electron chi connectivity index (χ1n) is 7.55. The Balaban J connectivity index is 1.57. The van der Waals surface area contributed by atoms with Crippen molar-refractivity contribution in [1.29, 1.82) is 0 Å². The van der Waals surface area contributed by atoms with Gasteiger partial charge in [0.2, 0.25) is 11.7 Å². The van der Waals surface area contributed by atoms with Crippen molar-refractivity contribution in [1.82, 2.24) is 9.66 Å². The fourth-order valence-electron chi connectivity index (χ4n) is 2.39. The summed E-state index contributed by atoms with van der Waals surface area (Å²) in [6.45, 7) is 0.523. The number of hydrogen-bond donors (Lipinski definition) is 1. The third-order valence-corrected chi connectivity index (χ3v) is 3.65. The number of ether oxygens (including phenoxy) is 1. The molecule has 0 amide bonds. The Labute approximate surface area is 142 Å². The number of nitrogens with zero attached hydrogens (tertiary/aromatic N) is 4. The van der Waals surface area contributed by atoms with Gasteiger partial charge >= 0.3 is 0 Å². The molecular weight excluding hydrogens is 325 g/mol. The summed E-state index contributed by atoms with van der Waals surface area (Å²) in [5, 5.41) is 16.3. The predicted molar refractivity (Wildman–Crippen MR) is 91.1 cm³/mol. The second-order valence-corrected chi connectivity index (χ2v) is 5.35. The highest BCUT2D eigenvalue weighted by Crippen LogP contribution is 2.30. The van der Waals surface area contributed by atoms with E-state index in [4.69, 9.17) is 4.74 Å². The molecule has 1 aromatic heterocycles. The average molecular weight is 338 g/mol. The van der Waals surface area contributed by atoms with Crippen LogP contribution in [0.2, 0.25) is 0 Å². The summed E-state index contributed by atoms with van der Waals surface area (Å²) in [6, 6.07) is 15.3. The second kappa shape index (κ2) is 6.25. The molecule has 1 N–H and O–H groups in total. The van der Waals surface area contributed by atoms with E-state index in [1.807, 2.05) is 30.3 Å². The standard InChI is InChI=1S/C17H13FN5O2/c18-14-8-6-13(7-9-14)16-21-23(24)15-17(25-16)22(11-19-15)20-10-12-4-2-1-3-5-12/h1-9,11,20H,10H2/q-1.